The first-order valence-electron chi connectivity index (χ1n) is 9.86. The van der Waals surface area contributed by atoms with E-state index < -0.39 is 17.8 Å². The van der Waals surface area contributed by atoms with Crippen LogP contribution >= 0.6 is 11.6 Å². The predicted molar refractivity (Wildman–Crippen MR) is 114 cm³/mol. The van der Waals surface area contributed by atoms with Gasteiger partial charge in [0.1, 0.15) is 0 Å². The van der Waals surface area contributed by atoms with Crippen molar-refractivity contribution in [3.05, 3.63) is 88.2 Å². The Labute approximate surface area is 183 Å². The zero-order valence-electron chi connectivity index (χ0n) is 16.8. The molecule has 4 nitrogen and oxygen atoms in total. The number of aromatic nitrogens is 1. The van der Waals surface area contributed by atoms with Crippen molar-refractivity contribution in [2.75, 3.05) is 11.4 Å². The number of fused-ring (bicyclic) bond motifs is 1. The lowest BCUT2D eigenvalue weighted by Crippen LogP contribution is -2.40. The van der Waals surface area contributed by atoms with Gasteiger partial charge in [-0.15, -0.1) is 0 Å². The Hall–Kier alpha value is -2.93. The summed E-state index contributed by atoms with van der Waals surface area (Å²) in [5.74, 6) is -0.301. The largest absolute Gasteiger partial charge is 0.418 e. The van der Waals surface area contributed by atoms with Crippen molar-refractivity contribution in [2.24, 2.45) is 0 Å². The van der Waals surface area contributed by atoms with Crippen molar-refractivity contribution in [3.63, 3.8) is 0 Å². The maximum atomic E-state index is 14.1. The monoisotopic (exact) mass is 447 g/mol. The molecule has 2 aromatic carbocycles. The molecule has 3 aromatic rings. The number of hydrogen-bond acceptors (Lipinski definition) is 2. The van der Waals surface area contributed by atoms with Crippen molar-refractivity contribution in [1.82, 2.24) is 9.88 Å². The van der Waals surface area contributed by atoms with Crippen molar-refractivity contribution >= 4 is 23.2 Å². The summed E-state index contributed by atoms with van der Waals surface area (Å²) in [7, 11) is 0. The molecule has 2 heterocycles. The Morgan fingerprint density at radius 2 is 1.84 bits per heavy atom. The Morgan fingerprint density at radius 1 is 1.10 bits per heavy atom. The lowest BCUT2D eigenvalue weighted by Gasteiger charge is -2.41. The number of nitrogens with zero attached hydrogens (tertiary/aromatic N) is 2. The van der Waals surface area contributed by atoms with Crippen molar-refractivity contribution < 1.29 is 18.0 Å². The number of alkyl halides is 3. The molecular weight excluding hydrogens is 427 g/mol. The maximum Gasteiger partial charge on any atom is 0.418 e. The van der Waals surface area contributed by atoms with Crippen LogP contribution < -0.4 is 10.2 Å². The molecule has 1 aliphatic rings. The fourth-order valence-electron chi connectivity index (χ4n) is 4.14. The number of carbonyl (C=O) groups is 1. The van der Waals surface area contributed by atoms with E-state index in [1.165, 1.54) is 13.0 Å². The van der Waals surface area contributed by atoms with Crippen LogP contribution in [-0.4, -0.2) is 17.0 Å². The molecule has 31 heavy (non-hydrogen) atoms. The van der Waals surface area contributed by atoms with Crippen LogP contribution in [0.25, 0.3) is 0 Å². The summed E-state index contributed by atoms with van der Waals surface area (Å²) >= 11 is 6.06. The fraction of sp³-hybridized carbons (Fsp3) is 0.261. The van der Waals surface area contributed by atoms with Crippen LogP contribution in [-0.2, 0) is 24.1 Å². The molecule has 8 heteroatoms. The molecule has 0 saturated heterocycles. The van der Waals surface area contributed by atoms with Crippen LogP contribution in [0.3, 0.4) is 0 Å². The SMILES string of the molecule is CC(=O)NCc1cccc(C(F)(F)F)c1N1CCn2cccc2C1c1ccc(Cl)cc1. The highest BCUT2D eigenvalue weighted by atomic mass is 35.5. The number of anilines is 1. The minimum absolute atomic E-state index is 0.0133. The molecule has 162 valence electrons. The van der Waals surface area contributed by atoms with E-state index in [2.05, 4.69) is 9.88 Å². The summed E-state index contributed by atoms with van der Waals surface area (Å²) in [5.41, 5.74) is 1.54. The average molecular weight is 448 g/mol. The predicted octanol–water partition coefficient (Wildman–Crippen LogP) is 5.41. The second-order valence-corrected chi connectivity index (χ2v) is 7.93. The van der Waals surface area contributed by atoms with Gasteiger partial charge in [-0.2, -0.15) is 13.2 Å². The summed E-state index contributed by atoms with van der Waals surface area (Å²) in [6.45, 7) is 2.30. The van der Waals surface area contributed by atoms with E-state index in [4.69, 9.17) is 11.6 Å². The highest BCUT2D eigenvalue weighted by Crippen LogP contribution is 2.44. The number of rotatable bonds is 4. The van der Waals surface area contributed by atoms with Gasteiger partial charge in [-0.3, -0.25) is 4.79 Å². The van der Waals surface area contributed by atoms with Crippen molar-refractivity contribution in [2.45, 2.75) is 32.2 Å². The Balaban J connectivity index is 1.90. The summed E-state index contributed by atoms with van der Waals surface area (Å²) in [6.07, 6.45) is -2.60. The van der Waals surface area contributed by atoms with Crippen molar-refractivity contribution in [1.29, 1.82) is 0 Å². The summed E-state index contributed by atoms with van der Waals surface area (Å²) in [4.78, 5) is 13.3. The van der Waals surface area contributed by atoms with E-state index in [1.807, 2.05) is 30.5 Å². The van der Waals surface area contributed by atoms with Crippen LogP contribution in [0.2, 0.25) is 5.02 Å². The molecule has 0 radical (unpaired) electrons. The molecule has 1 amide bonds. The number of benzene rings is 2. The number of amides is 1. The third kappa shape index (κ3) is 4.28. The van der Waals surface area contributed by atoms with Gasteiger partial charge in [0, 0.05) is 43.5 Å². The maximum absolute atomic E-state index is 14.1. The fourth-order valence-corrected chi connectivity index (χ4v) is 4.27. The zero-order valence-corrected chi connectivity index (χ0v) is 17.5. The van der Waals surface area contributed by atoms with Gasteiger partial charge in [0.15, 0.2) is 0 Å². The van der Waals surface area contributed by atoms with Crippen LogP contribution in [0.4, 0.5) is 18.9 Å². The Bertz CT molecular complexity index is 1090. The molecule has 1 atom stereocenters. The smallest absolute Gasteiger partial charge is 0.356 e. The number of halogens is 4. The molecular formula is C23H21ClF3N3O. The van der Waals surface area contributed by atoms with Gasteiger partial charge >= 0.3 is 6.18 Å². The minimum atomic E-state index is -4.54. The molecule has 0 aliphatic carbocycles. The van der Waals surface area contributed by atoms with Gasteiger partial charge in [0.2, 0.25) is 5.91 Å². The molecule has 1 aliphatic heterocycles. The third-order valence-electron chi connectivity index (χ3n) is 5.46. The molecule has 1 N–H and O–H groups in total. The first-order chi connectivity index (χ1) is 14.8. The topological polar surface area (TPSA) is 37.3 Å². The van der Waals surface area contributed by atoms with E-state index >= 15 is 0 Å². The second-order valence-electron chi connectivity index (χ2n) is 7.49. The van der Waals surface area contributed by atoms with Gasteiger partial charge < -0.3 is 14.8 Å². The highest BCUT2D eigenvalue weighted by Gasteiger charge is 2.39. The van der Waals surface area contributed by atoms with Gasteiger partial charge in [0.25, 0.3) is 0 Å². The van der Waals surface area contributed by atoms with Crippen LogP contribution in [0.1, 0.15) is 35.3 Å². The van der Waals surface area contributed by atoms with Crippen molar-refractivity contribution in [3.8, 4) is 0 Å². The number of hydrogen-bond donors (Lipinski definition) is 1. The van der Waals surface area contributed by atoms with Gasteiger partial charge in [-0.25, -0.2) is 0 Å². The molecule has 4 rings (SSSR count). The number of carbonyl (C=O) groups excluding carboxylic acids is 1. The standard InChI is InChI=1S/C23H21ClF3N3O/c1-15(31)28-14-17-4-2-5-19(23(25,26)27)21(17)30-13-12-29-11-3-6-20(29)22(30)16-7-9-18(24)10-8-16/h2-11,22H,12-14H2,1H3,(H,28,31). The van der Waals surface area contributed by atoms with Crippen LogP contribution in [0.5, 0.6) is 0 Å². The van der Waals surface area contributed by atoms with Gasteiger partial charge in [0.05, 0.1) is 17.3 Å². The molecule has 0 spiro atoms. The average Bonchev–Trinajstić information content (AvgIpc) is 3.20. The lowest BCUT2D eigenvalue weighted by molar-refractivity contribution is -0.137. The van der Waals surface area contributed by atoms with Crippen LogP contribution in [0, 0.1) is 0 Å². The molecule has 0 fully saturated rings. The second kappa shape index (κ2) is 8.30. The molecule has 0 bridgehead atoms. The van der Waals surface area contributed by atoms with E-state index in [0.29, 0.717) is 23.7 Å². The summed E-state index contributed by atoms with van der Waals surface area (Å²) in [5, 5.41) is 3.20. The molecule has 0 saturated carbocycles. The summed E-state index contributed by atoms with van der Waals surface area (Å²) in [6, 6.07) is 14.7. The quantitative estimate of drug-likeness (QED) is 0.581. The van der Waals surface area contributed by atoms with E-state index in [0.717, 1.165) is 17.3 Å². The van der Waals surface area contributed by atoms with E-state index in [1.54, 1.807) is 23.1 Å². The van der Waals surface area contributed by atoms with Crippen LogP contribution in [0.15, 0.2) is 60.8 Å². The van der Waals surface area contributed by atoms with Gasteiger partial charge in [-0.1, -0.05) is 35.9 Å². The Morgan fingerprint density at radius 3 is 2.52 bits per heavy atom. The highest BCUT2D eigenvalue weighted by molar-refractivity contribution is 6.30. The molecule has 1 unspecified atom stereocenters. The lowest BCUT2D eigenvalue weighted by atomic mass is 9.96. The third-order valence-corrected chi connectivity index (χ3v) is 5.72. The molecule has 1 aromatic heterocycles. The van der Waals surface area contributed by atoms with E-state index in [-0.39, 0.29) is 18.1 Å². The minimum Gasteiger partial charge on any atom is -0.356 e. The normalized spacial score (nSPS) is 16.2. The first kappa shape index (κ1) is 21.3. The number of nitrogens with one attached hydrogen (secondary N) is 1. The Kier molecular flexibility index (Phi) is 5.71. The zero-order chi connectivity index (χ0) is 22.2. The van der Waals surface area contributed by atoms with E-state index in [9.17, 15) is 18.0 Å². The number of para-hydroxylation sites is 1. The summed E-state index contributed by atoms with van der Waals surface area (Å²) < 4.78 is 44.2. The first-order valence-corrected chi connectivity index (χ1v) is 10.2. The van der Waals surface area contributed by atoms with Gasteiger partial charge in [-0.05, 0) is 41.5 Å².